The van der Waals surface area contributed by atoms with E-state index in [-0.39, 0.29) is 5.82 Å². The predicted molar refractivity (Wildman–Crippen MR) is 61.8 cm³/mol. The maximum atomic E-state index is 13.2. The molecular formula is C12H14FN3O. The van der Waals surface area contributed by atoms with E-state index in [1.54, 1.807) is 0 Å². The van der Waals surface area contributed by atoms with Crippen LogP contribution in [0.4, 0.5) is 4.39 Å². The molecule has 1 heterocycles. The van der Waals surface area contributed by atoms with E-state index in [9.17, 15) is 4.39 Å². The lowest BCUT2D eigenvalue weighted by Gasteiger charge is -1.98. The minimum atomic E-state index is -0.300. The van der Waals surface area contributed by atoms with Crippen molar-refractivity contribution in [2.45, 2.75) is 20.4 Å². The molecule has 0 saturated carbocycles. The molecule has 1 N–H and O–H groups in total. The SMILES string of the molecule is CCNCc1nnc(-c2cc(C)cc(F)c2)o1. The van der Waals surface area contributed by atoms with Crippen LogP contribution in [0.3, 0.4) is 0 Å². The van der Waals surface area contributed by atoms with Crippen LogP contribution in [-0.2, 0) is 6.54 Å². The van der Waals surface area contributed by atoms with Crippen LogP contribution in [0, 0.1) is 12.7 Å². The highest BCUT2D eigenvalue weighted by Gasteiger charge is 2.09. The van der Waals surface area contributed by atoms with Crippen LogP contribution in [0.2, 0.25) is 0 Å². The first-order valence-electron chi connectivity index (χ1n) is 5.49. The average Bonchev–Trinajstić information content (AvgIpc) is 2.73. The maximum Gasteiger partial charge on any atom is 0.247 e. The van der Waals surface area contributed by atoms with Gasteiger partial charge in [0.2, 0.25) is 11.8 Å². The standard InChI is InChI=1S/C12H14FN3O/c1-3-14-7-11-15-16-12(17-11)9-4-8(2)5-10(13)6-9/h4-6,14H,3,7H2,1-2H3. The number of hydrogen-bond acceptors (Lipinski definition) is 4. The van der Waals surface area contributed by atoms with E-state index < -0.39 is 0 Å². The summed E-state index contributed by atoms with van der Waals surface area (Å²) in [5.41, 5.74) is 1.43. The van der Waals surface area contributed by atoms with E-state index in [0.717, 1.165) is 12.1 Å². The lowest BCUT2D eigenvalue weighted by molar-refractivity contribution is 0.481. The first-order chi connectivity index (χ1) is 8.19. The molecule has 17 heavy (non-hydrogen) atoms. The summed E-state index contributed by atoms with van der Waals surface area (Å²) in [5, 5.41) is 10.9. The van der Waals surface area contributed by atoms with Crippen molar-refractivity contribution in [2.75, 3.05) is 6.54 Å². The molecule has 0 aliphatic rings. The molecule has 4 nitrogen and oxygen atoms in total. The zero-order chi connectivity index (χ0) is 12.3. The van der Waals surface area contributed by atoms with Gasteiger partial charge in [-0.15, -0.1) is 10.2 Å². The summed E-state index contributed by atoms with van der Waals surface area (Å²) in [6.45, 7) is 5.17. The highest BCUT2D eigenvalue weighted by atomic mass is 19.1. The van der Waals surface area contributed by atoms with E-state index in [2.05, 4.69) is 15.5 Å². The molecule has 2 aromatic rings. The Balaban J connectivity index is 2.24. The Kier molecular flexibility index (Phi) is 3.49. The van der Waals surface area contributed by atoms with Gasteiger partial charge >= 0.3 is 0 Å². The number of aromatic nitrogens is 2. The average molecular weight is 235 g/mol. The van der Waals surface area contributed by atoms with E-state index >= 15 is 0 Å². The molecule has 0 aliphatic carbocycles. The third kappa shape index (κ3) is 2.88. The van der Waals surface area contributed by atoms with Crippen molar-refractivity contribution < 1.29 is 8.81 Å². The summed E-state index contributed by atoms with van der Waals surface area (Å²) in [6.07, 6.45) is 0. The first kappa shape index (κ1) is 11.7. The Labute approximate surface area is 98.9 Å². The van der Waals surface area contributed by atoms with Gasteiger partial charge in [0.05, 0.1) is 6.54 Å². The van der Waals surface area contributed by atoms with Gasteiger partial charge < -0.3 is 9.73 Å². The van der Waals surface area contributed by atoms with Gasteiger partial charge in [-0.2, -0.15) is 0 Å². The van der Waals surface area contributed by atoms with Gasteiger partial charge in [0.1, 0.15) is 5.82 Å². The van der Waals surface area contributed by atoms with Crippen LogP contribution in [0.1, 0.15) is 18.4 Å². The molecule has 90 valence electrons. The minimum absolute atomic E-state index is 0.300. The molecule has 0 unspecified atom stereocenters. The molecule has 0 amide bonds. The summed E-state index contributed by atoms with van der Waals surface area (Å²) in [4.78, 5) is 0. The predicted octanol–water partition coefficient (Wildman–Crippen LogP) is 2.29. The topological polar surface area (TPSA) is 51.0 Å². The lowest BCUT2D eigenvalue weighted by atomic mass is 10.1. The number of rotatable bonds is 4. The third-order valence-electron chi connectivity index (χ3n) is 2.28. The largest absolute Gasteiger partial charge is 0.419 e. The van der Waals surface area contributed by atoms with Gasteiger partial charge in [0, 0.05) is 5.56 Å². The number of hydrogen-bond donors (Lipinski definition) is 1. The fraction of sp³-hybridized carbons (Fsp3) is 0.333. The number of benzene rings is 1. The summed E-state index contributed by atoms with van der Waals surface area (Å²) >= 11 is 0. The molecule has 1 aromatic heterocycles. The van der Waals surface area contributed by atoms with Crippen LogP contribution < -0.4 is 5.32 Å². The fourth-order valence-electron chi connectivity index (χ4n) is 1.53. The highest BCUT2D eigenvalue weighted by molar-refractivity contribution is 5.53. The molecule has 0 atom stereocenters. The maximum absolute atomic E-state index is 13.2. The molecule has 0 radical (unpaired) electrons. The lowest BCUT2D eigenvalue weighted by Crippen LogP contribution is -2.11. The van der Waals surface area contributed by atoms with Gasteiger partial charge in [-0.3, -0.25) is 0 Å². The second kappa shape index (κ2) is 5.05. The first-order valence-corrected chi connectivity index (χ1v) is 5.49. The summed E-state index contributed by atoms with van der Waals surface area (Å²) < 4.78 is 18.7. The van der Waals surface area contributed by atoms with Gasteiger partial charge in [0.25, 0.3) is 0 Å². The monoisotopic (exact) mass is 235 g/mol. The Morgan fingerprint density at radius 3 is 2.82 bits per heavy atom. The molecule has 0 bridgehead atoms. The van der Waals surface area contributed by atoms with Gasteiger partial charge in [-0.25, -0.2) is 4.39 Å². The van der Waals surface area contributed by atoms with Crippen LogP contribution >= 0.6 is 0 Å². The van der Waals surface area contributed by atoms with Crippen LogP contribution in [-0.4, -0.2) is 16.7 Å². The van der Waals surface area contributed by atoms with Crippen molar-refractivity contribution >= 4 is 0 Å². The molecule has 1 aromatic carbocycles. The molecule has 0 fully saturated rings. The Morgan fingerprint density at radius 2 is 2.12 bits per heavy atom. The van der Waals surface area contributed by atoms with Crippen molar-refractivity contribution in [2.24, 2.45) is 0 Å². The van der Waals surface area contributed by atoms with Crippen LogP contribution in [0.25, 0.3) is 11.5 Å². The van der Waals surface area contributed by atoms with Crippen molar-refractivity contribution in [3.63, 3.8) is 0 Å². The third-order valence-corrected chi connectivity index (χ3v) is 2.28. The van der Waals surface area contributed by atoms with Crippen LogP contribution in [0.15, 0.2) is 22.6 Å². The van der Waals surface area contributed by atoms with Crippen LogP contribution in [0.5, 0.6) is 0 Å². The quantitative estimate of drug-likeness (QED) is 0.883. The number of aryl methyl sites for hydroxylation is 1. The second-order valence-corrected chi connectivity index (χ2v) is 3.80. The Hall–Kier alpha value is -1.75. The zero-order valence-electron chi connectivity index (χ0n) is 9.83. The highest BCUT2D eigenvalue weighted by Crippen LogP contribution is 2.20. The van der Waals surface area contributed by atoms with E-state index in [4.69, 9.17) is 4.42 Å². The molecule has 0 aliphatic heterocycles. The van der Waals surface area contributed by atoms with Gasteiger partial charge in [-0.05, 0) is 37.2 Å². The van der Waals surface area contributed by atoms with E-state index in [1.165, 1.54) is 12.1 Å². The normalized spacial score (nSPS) is 10.8. The smallest absolute Gasteiger partial charge is 0.247 e. The zero-order valence-corrected chi connectivity index (χ0v) is 9.83. The molecular weight excluding hydrogens is 221 g/mol. The second-order valence-electron chi connectivity index (χ2n) is 3.80. The molecule has 2 rings (SSSR count). The fourth-order valence-corrected chi connectivity index (χ4v) is 1.53. The summed E-state index contributed by atoms with van der Waals surface area (Å²) in [5.74, 6) is 0.552. The van der Waals surface area contributed by atoms with Crippen molar-refractivity contribution in [1.82, 2.24) is 15.5 Å². The van der Waals surface area contributed by atoms with E-state index in [0.29, 0.717) is 23.9 Å². The van der Waals surface area contributed by atoms with Gasteiger partial charge in [0.15, 0.2) is 0 Å². The van der Waals surface area contributed by atoms with Crippen molar-refractivity contribution in [3.8, 4) is 11.5 Å². The van der Waals surface area contributed by atoms with Gasteiger partial charge in [-0.1, -0.05) is 6.92 Å². The van der Waals surface area contributed by atoms with E-state index in [1.807, 2.05) is 19.9 Å². The molecule has 0 spiro atoms. The molecule has 0 saturated heterocycles. The Morgan fingerprint density at radius 1 is 1.29 bits per heavy atom. The summed E-state index contributed by atoms with van der Waals surface area (Å²) in [7, 11) is 0. The Bertz CT molecular complexity index is 490. The molecule has 5 heteroatoms. The van der Waals surface area contributed by atoms with Crippen molar-refractivity contribution in [1.29, 1.82) is 0 Å². The number of halogens is 1. The van der Waals surface area contributed by atoms with Crippen molar-refractivity contribution in [3.05, 3.63) is 35.5 Å². The number of nitrogens with one attached hydrogen (secondary N) is 1. The summed E-state index contributed by atoms with van der Waals surface area (Å²) in [6, 6.07) is 4.66. The minimum Gasteiger partial charge on any atom is -0.419 e. The number of nitrogens with zero attached hydrogens (tertiary/aromatic N) is 2.